The molecule has 6 nitrogen and oxygen atoms in total. The van der Waals surface area contributed by atoms with Crippen LogP contribution in [0.25, 0.3) is 5.65 Å². The van der Waals surface area contributed by atoms with Gasteiger partial charge in [0.2, 0.25) is 9.84 Å². The van der Waals surface area contributed by atoms with Crippen molar-refractivity contribution in [2.45, 2.75) is 35.2 Å². The number of aryl methyl sites for hydroxylation is 2. The number of benzene rings is 1. The molecule has 3 aromatic rings. The van der Waals surface area contributed by atoms with Crippen molar-refractivity contribution >= 4 is 39.7 Å². The second kappa shape index (κ2) is 7.33. The van der Waals surface area contributed by atoms with Crippen molar-refractivity contribution in [3.63, 3.8) is 0 Å². The number of thioether (sulfide) groups is 1. The first-order valence-electron chi connectivity index (χ1n) is 7.34. The Morgan fingerprint density at radius 1 is 1.20 bits per heavy atom. The highest BCUT2D eigenvalue weighted by Gasteiger charge is 2.29. The monoisotopic (exact) mass is 398 g/mol. The molecule has 0 aliphatic carbocycles. The van der Waals surface area contributed by atoms with Gasteiger partial charge in [-0.15, -0.1) is 24.2 Å². The Hall–Kier alpha value is -1.61. The molecule has 0 unspecified atom stereocenters. The van der Waals surface area contributed by atoms with Crippen molar-refractivity contribution < 1.29 is 8.42 Å². The van der Waals surface area contributed by atoms with E-state index < -0.39 is 9.84 Å². The lowest BCUT2D eigenvalue weighted by molar-refractivity contribution is 0.594. The van der Waals surface area contributed by atoms with E-state index in [2.05, 4.69) is 10.1 Å². The van der Waals surface area contributed by atoms with E-state index in [1.807, 2.05) is 13.8 Å². The quantitative estimate of drug-likeness (QED) is 0.679. The summed E-state index contributed by atoms with van der Waals surface area (Å²) in [5.74, 6) is 0. The fraction of sp³-hybridized carbons (Fsp3) is 0.250. The summed E-state index contributed by atoms with van der Waals surface area (Å²) in [6.45, 7) is 4.04. The Kier molecular flexibility index (Phi) is 5.78. The largest absolute Gasteiger partial charge is 0.326 e. The van der Waals surface area contributed by atoms with Gasteiger partial charge in [0.1, 0.15) is 5.03 Å². The third-order valence-corrected chi connectivity index (χ3v) is 6.58. The van der Waals surface area contributed by atoms with E-state index >= 15 is 0 Å². The van der Waals surface area contributed by atoms with E-state index in [-0.39, 0.29) is 22.2 Å². The first-order valence-corrected chi connectivity index (χ1v) is 10.1. The minimum absolute atomic E-state index is 0. The molecule has 0 amide bonds. The van der Waals surface area contributed by atoms with E-state index in [4.69, 9.17) is 5.73 Å². The normalized spacial score (nSPS) is 11.5. The highest BCUT2D eigenvalue weighted by molar-refractivity contribution is 7.99. The maximum absolute atomic E-state index is 13.1. The van der Waals surface area contributed by atoms with Crippen LogP contribution in [0, 0.1) is 13.8 Å². The van der Waals surface area contributed by atoms with Crippen molar-refractivity contribution in [2.24, 2.45) is 5.73 Å². The lowest BCUT2D eigenvalue weighted by atomic mass is 10.2. The summed E-state index contributed by atoms with van der Waals surface area (Å²) in [6.07, 6.45) is 1.80. The van der Waals surface area contributed by atoms with Crippen LogP contribution in [0.2, 0.25) is 0 Å². The molecule has 0 fully saturated rings. The van der Waals surface area contributed by atoms with Gasteiger partial charge in [-0.2, -0.15) is 5.10 Å². The van der Waals surface area contributed by atoms with Crippen LogP contribution < -0.4 is 5.73 Å². The van der Waals surface area contributed by atoms with Gasteiger partial charge in [-0.1, -0.05) is 18.2 Å². The molecule has 0 saturated carbocycles. The average Bonchev–Trinajstić information content (AvgIpc) is 2.95. The SMILES string of the molecule is CSc1nn2c(C)c(CN)c(C)nc2c1S(=O)(=O)c1ccccc1.Cl. The fourth-order valence-corrected chi connectivity index (χ4v) is 5.12. The van der Waals surface area contributed by atoms with Crippen molar-refractivity contribution in [3.05, 3.63) is 47.3 Å². The topological polar surface area (TPSA) is 90.3 Å². The Morgan fingerprint density at radius 2 is 1.84 bits per heavy atom. The number of halogens is 1. The van der Waals surface area contributed by atoms with Gasteiger partial charge in [0.05, 0.1) is 4.90 Å². The molecule has 2 aromatic heterocycles. The van der Waals surface area contributed by atoms with E-state index in [0.717, 1.165) is 17.0 Å². The van der Waals surface area contributed by atoms with E-state index in [1.165, 1.54) is 11.8 Å². The lowest BCUT2D eigenvalue weighted by Crippen LogP contribution is -2.10. The third-order valence-electron chi connectivity index (χ3n) is 3.97. The van der Waals surface area contributed by atoms with Gasteiger partial charge in [-0.25, -0.2) is 17.9 Å². The Bertz CT molecular complexity index is 1020. The van der Waals surface area contributed by atoms with Gasteiger partial charge in [0.25, 0.3) is 0 Å². The molecule has 2 N–H and O–H groups in total. The highest BCUT2D eigenvalue weighted by atomic mass is 35.5. The van der Waals surface area contributed by atoms with Gasteiger partial charge >= 0.3 is 0 Å². The van der Waals surface area contributed by atoms with Crippen LogP contribution in [0.3, 0.4) is 0 Å². The van der Waals surface area contributed by atoms with Crippen LogP contribution in [-0.2, 0) is 16.4 Å². The number of sulfone groups is 1. The van der Waals surface area contributed by atoms with Crippen molar-refractivity contribution in [1.82, 2.24) is 14.6 Å². The van der Waals surface area contributed by atoms with E-state index in [0.29, 0.717) is 17.2 Å². The first kappa shape index (κ1) is 19.7. The highest BCUT2D eigenvalue weighted by Crippen LogP contribution is 2.33. The predicted octanol–water partition coefficient (Wildman–Crippen LogP) is 2.78. The van der Waals surface area contributed by atoms with Crippen LogP contribution in [0.5, 0.6) is 0 Å². The molecule has 3 rings (SSSR count). The number of fused-ring (bicyclic) bond motifs is 1. The molecule has 0 spiro atoms. The van der Waals surface area contributed by atoms with Crippen molar-refractivity contribution in [3.8, 4) is 0 Å². The van der Waals surface area contributed by atoms with Gasteiger partial charge < -0.3 is 5.73 Å². The second-order valence-electron chi connectivity index (χ2n) is 5.36. The Morgan fingerprint density at radius 3 is 2.40 bits per heavy atom. The maximum Gasteiger partial charge on any atom is 0.213 e. The second-order valence-corrected chi connectivity index (χ2v) is 8.04. The summed E-state index contributed by atoms with van der Waals surface area (Å²) in [5.41, 5.74) is 8.54. The maximum atomic E-state index is 13.1. The Labute approximate surface area is 157 Å². The molecular formula is C16H19ClN4O2S2. The molecule has 1 aromatic carbocycles. The third kappa shape index (κ3) is 3.15. The first-order chi connectivity index (χ1) is 11.4. The zero-order valence-electron chi connectivity index (χ0n) is 14.1. The van der Waals surface area contributed by atoms with Crippen LogP contribution >= 0.6 is 24.2 Å². The van der Waals surface area contributed by atoms with Gasteiger partial charge in [-0.3, -0.25) is 0 Å². The standard InChI is InChI=1S/C16H18N4O2S2.ClH/c1-10-13(9-17)11(2)20-15(18-10)14(16(19-20)23-3)24(21,22)12-7-5-4-6-8-12;/h4-8H,9,17H2,1-3H3;1H. The van der Waals surface area contributed by atoms with Gasteiger partial charge in [-0.05, 0) is 32.2 Å². The number of hydrogen-bond donors (Lipinski definition) is 1. The van der Waals surface area contributed by atoms with Crippen molar-refractivity contribution in [1.29, 1.82) is 0 Å². The summed E-state index contributed by atoms with van der Waals surface area (Å²) < 4.78 is 27.8. The van der Waals surface area contributed by atoms with E-state index in [9.17, 15) is 8.42 Å². The van der Waals surface area contributed by atoms with Gasteiger partial charge in [0.15, 0.2) is 10.5 Å². The fourth-order valence-electron chi connectivity index (χ4n) is 2.70. The van der Waals surface area contributed by atoms with Gasteiger partial charge in [0, 0.05) is 23.5 Å². The van der Waals surface area contributed by atoms with Crippen LogP contribution in [0.4, 0.5) is 0 Å². The molecule has 0 atom stereocenters. The summed E-state index contributed by atoms with van der Waals surface area (Å²) >= 11 is 1.29. The van der Waals surface area contributed by atoms with E-state index in [1.54, 1.807) is 41.1 Å². The molecule has 25 heavy (non-hydrogen) atoms. The number of nitrogens with zero attached hydrogens (tertiary/aromatic N) is 3. The predicted molar refractivity (Wildman–Crippen MR) is 101 cm³/mol. The van der Waals surface area contributed by atoms with Crippen LogP contribution in [-0.4, -0.2) is 29.3 Å². The zero-order chi connectivity index (χ0) is 17.5. The minimum atomic E-state index is -3.72. The summed E-state index contributed by atoms with van der Waals surface area (Å²) in [5, 5.41) is 4.89. The lowest BCUT2D eigenvalue weighted by Gasteiger charge is -2.09. The number of aromatic nitrogens is 3. The summed E-state index contributed by atoms with van der Waals surface area (Å²) in [6, 6.07) is 8.35. The zero-order valence-corrected chi connectivity index (χ0v) is 16.5. The molecule has 134 valence electrons. The number of nitrogens with two attached hydrogens (primary N) is 1. The molecule has 0 radical (unpaired) electrons. The Balaban J connectivity index is 0.00000225. The summed E-state index contributed by atoms with van der Waals surface area (Å²) in [4.78, 5) is 4.88. The van der Waals surface area contributed by atoms with Crippen LogP contribution in [0.15, 0.2) is 45.1 Å². The van der Waals surface area contributed by atoms with Crippen molar-refractivity contribution in [2.75, 3.05) is 6.26 Å². The molecule has 9 heteroatoms. The molecule has 0 aliphatic rings. The average molecular weight is 399 g/mol. The molecule has 0 bridgehead atoms. The smallest absolute Gasteiger partial charge is 0.213 e. The van der Waals surface area contributed by atoms with Crippen LogP contribution in [0.1, 0.15) is 17.0 Å². The molecule has 0 aliphatic heterocycles. The number of rotatable bonds is 4. The number of hydrogen-bond acceptors (Lipinski definition) is 6. The minimum Gasteiger partial charge on any atom is -0.326 e. The molecule has 0 saturated heterocycles. The molecule has 2 heterocycles. The summed E-state index contributed by atoms with van der Waals surface area (Å²) in [7, 11) is -3.72. The molecular weight excluding hydrogens is 380 g/mol.